The molecule has 1 atom stereocenters. The standard InChI is InChI=1S/C17H30N4/c1-4-9-18-16(5-2)17-8-7-15(14-19-17)21-12-10-20(6-3)11-13-21/h7-8,14,16,18H,4-6,9-13H2,1-3H3. The van der Waals surface area contributed by atoms with Crippen molar-refractivity contribution in [3.63, 3.8) is 0 Å². The van der Waals surface area contributed by atoms with Crippen LogP contribution in [0.25, 0.3) is 0 Å². The van der Waals surface area contributed by atoms with Crippen molar-refractivity contribution >= 4 is 5.69 Å². The van der Waals surface area contributed by atoms with E-state index in [0.717, 1.165) is 52.1 Å². The molecule has 0 aromatic carbocycles. The van der Waals surface area contributed by atoms with Crippen molar-refractivity contribution < 1.29 is 0 Å². The third-order valence-electron chi connectivity index (χ3n) is 4.36. The third kappa shape index (κ3) is 4.42. The van der Waals surface area contributed by atoms with Gasteiger partial charge in [-0.3, -0.25) is 4.98 Å². The molecule has 1 unspecified atom stereocenters. The Bertz CT molecular complexity index is 396. The molecule has 2 heterocycles. The first-order valence-corrected chi connectivity index (χ1v) is 8.45. The Balaban J connectivity index is 1.95. The van der Waals surface area contributed by atoms with Gasteiger partial charge < -0.3 is 15.1 Å². The zero-order valence-electron chi connectivity index (χ0n) is 13.8. The molecule has 4 nitrogen and oxygen atoms in total. The van der Waals surface area contributed by atoms with Crippen molar-refractivity contribution in [3.8, 4) is 0 Å². The molecule has 1 aromatic rings. The average Bonchev–Trinajstić information content (AvgIpc) is 2.56. The first kappa shape index (κ1) is 16.2. The summed E-state index contributed by atoms with van der Waals surface area (Å²) in [5.74, 6) is 0. The molecule has 0 saturated carbocycles. The van der Waals surface area contributed by atoms with Gasteiger partial charge in [-0.25, -0.2) is 0 Å². The lowest BCUT2D eigenvalue weighted by Gasteiger charge is -2.35. The summed E-state index contributed by atoms with van der Waals surface area (Å²) in [6.45, 7) is 13.4. The van der Waals surface area contributed by atoms with Crippen LogP contribution in [0.2, 0.25) is 0 Å². The van der Waals surface area contributed by atoms with Gasteiger partial charge in [0, 0.05) is 32.2 Å². The fourth-order valence-corrected chi connectivity index (χ4v) is 2.89. The minimum Gasteiger partial charge on any atom is -0.368 e. The van der Waals surface area contributed by atoms with Crippen LogP contribution in [0.4, 0.5) is 5.69 Å². The molecular weight excluding hydrogens is 260 g/mol. The number of nitrogens with one attached hydrogen (secondary N) is 1. The first-order chi connectivity index (χ1) is 10.3. The van der Waals surface area contributed by atoms with Crippen molar-refractivity contribution in [1.29, 1.82) is 0 Å². The number of piperazine rings is 1. The van der Waals surface area contributed by atoms with E-state index in [9.17, 15) is 0 Å². The quantitative estimate of drug-likeness (QED) is 0.836. The predicted molar refractivity (Wildman–Crippen MR) is 89.9 cm³/mol. The maximum Gasteiger partial charge on any atom is 0.0574 e. The molecule has 4 heteroatoms. The van der Waals surface area contributed by atoms with Gasteiger partial charge >= 0.3 is 0 Å². The maximum absolute atomic E-state index is 4.70. The van der Waals surface area contributed by atoms with Crippen molar-refractivity contribution in [1.82, 2.24) is 15.2 Å². The van der Waals surface area contributed by atoms with Crippen LogP contribution in [-0.2, 0) is 0 Å². The summed E-state index contributed by atoms with van der Waals surface area (Å²) >= 11 is 0. The van der Waals surface area contributed by atoms with Crippen LogP contribution in [0.15, 0.2) is 18.3 Å². The third-order valence-corrected chi connectivity index (χ3v) is 4.36. The van der Waals surface area contributed by atoms with Crippen LogP contribution in [0.1, 0.15) is 45.3 Å². The van der Waals surface area contributed by atoms with Gasteiger partial charge in [0.15, 0.2) is 0 Å². The zero-order valence-corrected chi connectivity index (χ0v) is 13.8. The van der Waals surface area contributed by atoms with Crippen LogP contribution in [0.3, 0.4) is 0 Å². The number of anilines is 1. The van der Waals surface area contributed by atoms with Crippen LogP contribution in [0.5, 0.6) is 0 Å². The molecule has 1 aliphatic heterocycles. The second kappa shape index (κ2) is 8.35. The van der Waals surface area contributed by atoms with E-state index in [-0.39, 0.29) is 0 Å². The van der Waals surface area contributed by atoms with E-state index < -0.39 is 0 Å². The highest BCUT2D eigenvalue weighted by molar-refractivity contribution is 5.45. The molecule has 1 N–H and O–H groups in total. The Hall–Kier alpha value is -1.13. The van der Waals surface area contributed by atoms with E-state index in [2.05, 4.69) is 48.0 Å². The minimum atomic E-state index is 0.385. The molecule has 1 aromatic heterocycles. The molecule has 1 fully saturated rings. The van der Waals surface area contributed by atoms with E-state index >= 15 is 0 Å². The summed E-state index contributed by atoms with van der Waals surface area (Å²) in [6.07, 6.45) is 4.30. The van der Waals surface area contributed by atoms with Gasteiger partial charge in [0.1, 0.15) is 0 Å². The fraction of sp³-hybridized carbons (Fsp3) is 0.706. The molecule has 0 amide bonds. The smallest absolute Gasteiger partial charge is 0.0574 e. The lowest BCUT2D eigenvalue weighted by Crippen LogP contribution is -2.46. The van der Waals surface area contributed by atoms with Crippen LogP contribution in [0, 0.1) is 0 Å². The predicted octanol–water partition coefficient (Wildman–Crippen LogP) is 2.67. The van der Waals surface area contributed by atoms with E-state index in [1.807, 2.05) is 6.20 Å². The number of pyridine rings is 1. The van der Waals surface area contributed by atoms with Gasteiger partial charge in [0.2, 0.25) is 0 Å². The topological polar surface area (TPSA) is 31.4 Å². The van der Waals surface area contributed by atoms with Crippen molar-refractivity contribution in [2.24, 2.45) is 0 Å². The molecule has 21 heavy (non-hydrogen) atoms. The summed E-state index contributed by atoms with van der Waals surface area (Å²) < 4.78 is 0. The van der Waals surface area contributed by atoms with Crippen LogP contribution >= 0.6 is 0 Å². The largest absolute Gasteiger partial charge is 0.368 e. The summed E-state index contributed by atoms with van der Waals surface area (Å²) in [5, 5.41) is 3.57. The number of likely N-dealkylation sites (N-methyl/N-ethyl adjacent to an activating group) is 1. The maximum atomic E-state index is 4.70. The van der Waals surface area contributed by atoms with E-state index in [0.29, 0.717) is 6.04 Å². The molecule has 0 radical (unpaired) electrons. The van der Waals surface area contributed by atoms with Gasteiger partial charge in [-0.05, 0) is 38.1 Å². The van der Waals surface area contributed by atoms with Gasteiger partial charge in [-0.15, -0.1) is 0 Å². The first-order valence-electron chi connectivity index (χ1n) is 8.45. The van der Waals surface area contributed by atoms with E-state index in [4.69, 9.17) is 4.98 Å². The Morgan fingerprint density at radius 1 is 1.14 bits per heavy atom. The second-order valence-corrected chi connectivity index (χ2v) is 5.78. The Kier molecular flexibility index (Phi) is 6.46. The minimum absolute atomic E-state index is 0.385. The monoisotopic (exact) mass is 290 g/mol. The lowest BCUT2D eigenvalue weighted by molar-refractivity contribution is 0.271. The molecule has 0 bridgehead atoms. The Morgan fingerprint density at radius 3 is 2.43 bits per heavy atom. The number of aromatic nitrogens is 1. The number of hydrogen-bond acceptors (Lipinski definition) is 4. The van der Waals surface area contributed by atoms with Gasteiger partial charge in [0.05, 0.1) is 17.6 Å². The van der Waals surface area contributed by atoms with Crippen molar-refractivity contribution in [3.05, 3.63) is 24.0 Å². The summed E-state index contributed by atoms with van der Waals surface area (Å²) in [5.41, 5.74) is 2.43. The molecule has 118 valence electrons. The highest BCUT2D eigenvalue weighted by Gasteiger charge is 2.16. The average molecular weight is 290 g/mol. The van der Waals surface area contributed by atoms with Gasteiger partial charge in [-0.1, -0.05) is 20.8 Å². The van der Waals surface area contributed by atoms with Crippen LogP contribution < -0.4 is 10.2 Å². The SMILES string of the molecule is CCCNC(CC)c1ccc(N2CCN(CC)CC2)cn1. The number of rotatable bonds is 7. The summed E-state index contributed by atoms with van der Waals surface area (Å²) in [6, 6.07) is 4.81. The molecule has 0 spiro atoms. The summed E-state index contributed by atoms with van der Waals surface area (Å²) in [4.78, 5) is 9.65. The van der Waals surface area contributed by atoms with Crippen molar-refractivity contribution in [2.45, 2.75) is 39.7 Å². The normalized spacial score (nSPS) is 18.0. The van der Waals surface area contributed by atoms with E-state index in [1.165, 1.54) is 11.4 Å². The van der Waals surface area contributed by atoms with Crippen LogP contribution in [-0.4, -0.2) is 49.2 Å². The molecular formula is C17H30N4. The highest BCUT2D eigenvalue weighted by Crippen LogP contribution is 2.19. The Morgan fingerprint density at radius 2 is 1.90 bits per heavy atom. The fourth-order valence-electron chi connectivity index (χ4n) is 2.89. The highest BCUT2D eigenvalue weighted by atomic mass is 15.3. The van der Waals surface area contributed by atoms with Gasteiger partial charge in [0.25, 0.3) is 0 Å². The van der Waals surface area contributed by atoms with E-state index in [1.54, 1.807) is 0 Å². The Labute approximate surface area is 129 Å². The molecule has 0 aliphatic carbocycles. The lowest BCUT2D eigenvalue weighted by atomic mass is 10.1. The van der Waals surface area contributed by atoms with Gasteiger partial charge in [-0.2, -0.15) is 0 Å². The molecule has 2 rings (SSSR count). The van der Waals surface area contributed by atoms with Crippen molar-refractivity contribution in [2.75, 3.05) is 44.2 Å². The molecule has 1 saturated heterocycles. The second-order valence-electron chi connectivity index (χ2n) is 5.78. The summed E-state index contributed by atoms with van der Waals surface area (Å²) in [7, 11) is 0. The number of nitrogens with zero attached hydrogens (tertiary/aromatic N) is 3. The zero-order chi connectivity index (χ0) is 15.1. The molecule has 1 aliphatic rings. The number of hydrogen-bond donors (Lipinski definition) is 1.